The minimum Gasteiger partial charge on any atom is -0.487 e. The van der Waals surface area contributed by atoms with E-state index in [1.807, 2.05) is 0 Å². The van der Waals surface area contributed by atoms with Crippen LogP contribution in [0.1, 0.15) is 31.4 Å². The SMILES string of the molecule is CCCC1Oc2c(Br)ccc(F)c2C1NOC. The smallest absolute Gasteiger partial charge is 0.141 e. The van der Waals surface area contributed by atoms with Gasteiger partial charge in [0.25, 0.3) is 0 Å². The van der Waals surface area contributed by atoms with Crippen LogP contribution < -0.4 is 10.2 Å². The molecule has 1 aromatic rings. The van der Waals surface area contributed by atoms with E-state index in [0.29, 0.717) is 11.3 Å². The van der Waals surface area contributed by atoms with Gasteiger partial charge >= 0.3 is 0 Å². The van der Waals surface area contributed by atoms with Crippen LogP contribution in [0, 0.1) is 5.82 Å². The predicted molar refractivity (Wildman–Crippen MR) is 66.3 cm³/mol. The number of benzene rings is 1. The molecular formula is C12H15BrFNO2. The van der Waals surface area contributed by atoms with Crippen molar-refractivity contribution in [2.75, 3.05) is 7.11 Å². The van der Waals surface area contributed by atoms with E-state index >= 15 is 0 Å². The number of ether oxygens (including phenoxy) is 1. The zero-order valence-corrected chi connectivity index (χ0v) is 11.4. The molecule has 17 heavy (non-hydrogen) atoms. The summed E-state index contributed by atoms with van der Waals surface area (Å²) in [6, 6.07) is 2.84. The molecule has 1 aromatic carbocycles. The van der Waals surface area contributed by atoms with Crippen LogP contribution in [0.2, 0.25) is 0 Å². The first-order valence-electron chi connectivity index (χ1n) is 5.62. The molecule has 1 aliphatic heterocycles. The van der Waals surface area contributed by atoms with Gasteiger partial charge in [-0.3, -0.25) is 0 Å². The molecule has 2 unspecified atom stereocenters. The highest BCUT2D eigenvalue weighted by molar-refractivity contribution is 9.10. The molecule has 0 aromatic heterocycles. The van der Waals surface area contributed by atoms with Crippen LogP contribution in [0.4, 0.5) is 4.39 Å². The highest BCUT2D eigenvalue weighted by Gasteiger charge is 2.37. The highest BCUT2D eigenvalue weighted by atomic mass is 79.9. The van der Waals surface area contributed by atoms with Crippen molar-refractivity contribution in [3.05, 3.63) is 28.0 Å². The van der Waals surface area contributed by atoms with Gasteiger partial charge in [0.15, 0.2) is 0 Å². The standard InChI is InChI=1S/C12H15BrFNO2/c1-3-4-9-11(15-16-2)10-8(14)6-5-7(13)12(10)17-9/h5-6,9,11,15H,3-4H2,1-2H3. The summed E-state index contributed by atoms with van der Waals surface area (Å²) in [7, 11) is 1.52. The predicted octanol–water partition coefficient (Wildman–Crippen LogP) is 3.34. The first-order valence-corrected chi connectivity index (χ1v) is 6.41. The lowest BCUT2D eigenvalue weighted by Crippen LogP contribution is -2.30. The molecule has 1 aliphatic rings. The number of hydrogen-bond donors (Lipinski definition) is 1. The number of nitrogens with one attached hydrogen (secondary N) is 1. The molecule has 0 fully saturated rings. The fraction of sp³-hybridized carbons (Fsp3) is 0.500. The Bertz CT molecular complexity index is 414. The maximum Gasteiger partial charge on any atom is 0.141 e. The van der Waals surface area contributed by atoms with Crippen molar-refractivity contribution in [1.82, 2.24) is 5.48 Å². The van der Waals surface area contributed by atoms with E-state index in [1.54, 1.807) is 6.07 Å². The van der Waals surface area contributed by atoms with Gasteiger partial charge in [0.1, 0.15) is 23.7 Å². The fourth-order valence-corrected chi connectivity index (χ4v) is 2.57. The van der Waals surface area contributed by atoms with Crippen molar-refractivity contribution >= 4 is 15.9 Å². The Morgan fingerprint density at radius 2 is 2.29 bits per heavy atom. The second-order valence-corrected chi connectivity index (χ2v) is 4.87. The van der Waals surface area contributed by atoms with E-state index in [0.717, 1.165) is 17.3 Å². The topological polar surface area (TPSA) is 30.5 Å². The summed E-state index contributed by atoms with van der Waals surface area (Å²) < 4.78 is 20.4. The van der Waals surface area contributed by atoms with Gasteiger partial charge < -0.3 is 9.57 Å². The van der Waals surface area contributed by atoms with Crippen LogP contribution in [0.25, 0.3) is 0 Å². The van der Waals surface area contributed by atoms with Crippen molar-refractivity contribution in [1.29, 1.82) is 0 Å². The zero-order valence-electron chi connectivity index (χ0n) is 9.80. The molecule has 0 amide bonds. The Morgan fingerprint density at radius 3 is 2.94 bits per heavy atom. The van der Waals surface area contributed by atoms with E-state index in [4.69, 9.17) is 9.57 Å². The summed E-state index contributed by atoms with van der Waals surface area (Å²) in [5, 5.41) is 0. The molecule has 0 radical (unpaired) electrons. The monoisotopic (exact) mass is 303 g/mol. The second kappa shape index (κ2) is 5.33. The Morgan fingerprint density at radius 1 is 1.53 bits per heavy atom. The second-order valence-electron chi connectivity index (χ2n) is 4.02. The molecule has 1 N–H and O–H groups in total. The summed E-state index contributed by atoms with van der Waals surface area (Å²) in [6.07, 6.45) is 1.73. The van der Waals surface area contributed by atoms with Crippen molar-refractivity contribution in [3.8, 4) is 5.75 Å². The third-order valence-corrected chi connectivity index (χ3v) is 3.49. The van der Waals surface area contributed by atoms with E-state index in [-0.39, 0.29) is 18.0 Å². The molecule has 0 aliphatic carbocycles. The normalized spacial score (nSPS) is 22.4. The third kappa shape index (κ3) is 2.32. The van der Waals surface area contributed by atoms with Crippen LogP contribution in [0.5, 0.6) is 5.75 Å². The maximum atomic E-state index is 13.9. The lowest BCUT2D eigenvalue weighted by molar-refractivity contribution is 0.0261. The molecule has 0 spiro atoms. The maximum absolute atomic E-state index is 13.9. The number of halogens is 2. The average Bonchev–Trinajstić information content (AvgIpc) is 2.66. The van der Waals surface area contributed by atoms with Gasteiger partial charge in [0, 0.05) is 0 Å². The van der Waals surface area contributed by atoms with Gasteiger partial charge in [0.05, 0.1) is 17.1 Å². The number of rotatable bonds is 4. The van der Waals surface area contributed by atoms with Crippen molar-refractivity contribution in [2.24, 2.45) is 0 Å². The van der Waals surface area contributed by atoms with Crippen molar-refractivity contribution in [2.45, 2.75) is 31.9 Å². The van der Waals surface area contributed by atoms with Gasteiger partial charge in [-0.05, 0) is 34.5 Å². The van der Waals surface area contributed by atoms with Gasteiger partial charge in [0.2, 0.25) is 0 Å². The molecule has 0 saturated heterocycles. The summed E-state index contributed by atoms with van der Waals surface area (Å²) >= 11 is 3.38. The molecule has 94 valence electrons. The first-order chi connectivity index (χ1) is 8.19. The molecule has 1 heterocycles. The number of hydroxylamine groups is 1. The van der Waals surface area contributed by atoms with Crippen LogP contribution >= 0.6 is 15.9 Å². The van der Waals surface area contributed by atoms with Gasteiger partial charge in [-0.2, -0.15) is 5.48 Å². The van der Waals surface area contributed by atoms with Crippen LogP contribution in [-0.2, 0) is 4.84 Å². The average molecular weight is 304 g/mol. The van der Waals surface area contributed by atoms with Crippen molar-refractivity contribution in [3.63, 3.8) is 0 Å². The van der Waals surface area contributed by atoms with Crippen LogP contribution in [0.3, 0.4) is 0 Å². The molecule has 5 heteroatoms. The summed E-state index contributed by atoms with van der Waals surface area (Å²) in [5.74, 6) is 0.314. The molecular weight excluding hydrogens is 289 g/mol. The van der Waals surface area contributed by atoms with Gasteiger partial charge in [-0.15, -0.1) is 0 Å². The largest absolute Gasteiger partial charge is 0.487 e. The summed E-state index contributed by atoms with van der Waals surface area (Å²) in [4.78, 5) is 4.94. The summed E-state index contributed by atoms with van der Waals surface area (Å²) in [6.45, 7) is 2.07. The van der Waals surface area contributed by atoms with Crippen LogP contribution in [0.15, 0.2) is 16.6 Å². The van der Waals surface area contributed by atoms with E-state index < -0.39 is 0 Å². The first kappa shape index (κ1) is 12.8. The zero-order chi connectivity index (χ0) is 12.4. The highest BCUT2D eigenvalue weighted by Crippen LogP contribution is 2.44. The van der Waals surface area contributed by atoms with E-state index in [2.05, 4.69) is 28.3 Å². The molecule has 0 bridgehead atoms. The van der Waals surface area contributed by atoms with Crippen molar-refractivity contribution < 1.29 is 14.0 Å². The molecule has 2 atom stereocenters. The Hall–Kier alpha value is -0.650. The van der Waals surface area contributed by atoms with Gasteiger partial charge in [-0.25, -0.2) is 4.39 Å². The van der Waals surface area contributed by atoms with E-state index in [9.17, 15) is 4.39 Å². The molecule has 3 nitrogen and oxygen atoms in total. The fourth-order valence-electron chi connectivity index (χ4n) is 2.14. The lowest BCUT2D eigenvalue weighted by Gasteiger charge is -2.18. The quantitative estimate of drug-likeness (QED) is 0.865. The Labute approximate surface area is 108 Å². The number of hydrogen-bond acceptors (Lipinski definition) is 3. The summed E-state index contributed by atoms with van der Waals surface area (Å²) in [5.41, 5.74) is 3.36. The Balaban J connectivity index is 2.39. The minimum absolute atomic E-state index is 0.0943. The lowest BCUT2D eigenvalue weighted by atomic mass is 10.0. The van der Waals surface area contributed by atoms with E-state index in [1.165, 1.54) is 13.2 Å². The number of fused-ring (bicyclic) bond motifs is 1. The molecule has 2 rings (SSSR count). The molecule has 0 saturated carbocycles. The minimum atomic E-state index is -0.267. The third-order valence-electron chi connectivity index (χ3n) is 2.86. The van der Waals surface area contributed by atoms with Crippen LogP contribution in [-0.4, -0.2) is 13.2 Å². The van der Waals surface area contributed by atoms with Gasteiger partial charge in [-0.1, -0.05) is 13.3 Å². The Kier molecular flexibility index (Phi) is 4.01.